The third-order valence-corrected chi connectivity index (χ3v) is 4.93. The van der Waals surface area contributed by atoms with Gasteiger partial charge >= 0.3 is 0 Å². The number of carbonyl (C=O) groups excluding carboxylic acids is 2. The molecule has 0 spiro atoms. The lowest BCUT2D eigenvalue weighted by atomic mass is 9.80. The number of amides is 2. The molecular formula is C17H23Cl2N3O2. The molecule has 0 radical (unpaired) electrons. The second-order valence-corrected chi connectivity index (χ2v) is 6.85. The van der Waals surface area contributed by atoms with Gasteiger partial charge in [0.1, 0.15) is 15.8 Å². The van der Waals surface area contributed by atoms with Crippen molar-refractivity contribution in [3.63, 3.8) is 0 Å². The maximum Gasteiger partial charge on any atom is 0.252 e. The van der Waals surface area contributed by atoms with Crippen molar-refractivity contribution in [1.82, 2.24) is 15.2 Å². The number of nitrogens with one attached hydrogen (secondary N) is 1. The van der Waals surface area contributed by atoms with Crippen molar-refractivity contribution >= 4 is 35.0 Å². The first-order valence-electron chi connectivity index (χ1n) is 8.37. The Morgan fingerprint density at radius 2 is 1.67 bits per heavy atom. The largest absolute Gasteiger partial charge is 0.341 e. The Balaban J connectivity index is 2.28. The number of nitrogens with zero attached hydrogens (tertiary/aromatic N) is 2. The van der Waals surface area contributed by atoms with Crippen molar-refractivity contribution in [2.24, 2.45) is 0 Å². The van der Waals surface area contributed by atoms with Crippen molar-refractivity contribution in [3.05, 3.63) is 28.0 Å². The van der Waals surface area contributed by atoms with Crippen LogP contribution in [0.1, 0.15) is 56.3 Å². The van der Waals surface area contributed by atoms with Gasteiger partial charge < -0.3 is 10.2 Å². The zero-order valence-electron chi connectivity index (χ0n) is 14.1. The molecular weight excluding hydrogens is 349 g/mol. The molecule has 132 valence electrons. The maximum atomic E-state index is 13.0. The summed E-state index contributed by atoms with van der Waals surface area (Å²) in [6.07, 6.45) is 4.23. The van der Waals surface area contributed by atoms with Crippen molar-refractivity contribution in [3.8, 4) is 0 Å². The van der Waals surface area contributed by atoms with Gasteiger partial charge in [-0.1, -0.05) is 42.5 Å². The van der Waals surface area contributed by atoms with Crippen molar-refractivity contribution in [2.75, 3.05) is 13.1 Å². The number of hydrogen-bond acceptors (Lipinski definition) is 3. The van der Waals surface area contributed by atoms with E-state index in [0.717, 1.165) is 19.3 Å². The van der Waals surface area contributed by atoms with Crippen molar-refractivity contribution in [2.45, 2.75) is 51.5 Å². The topological polar surface area (TPSA) is 62.3 Å². The van der Waals surface area contributed by atoms with E-state index in [9.17, 15) is 9.59 Å². The molecule has 1 aromatic heterocycles. The quantitative estimate of drug-likeness (QED) is 0.802. The summed E-state index contributed by atoms with van der Waals surface area (Å²) in [6.45, 7) is 5.14. The molecule has 1 N–H and O–H groups in total. The van der Waals surface area contributed by atoms with E-state index >= 15 is 0 Å². The molecule has 0 bridgehead atoms. The van der Waals surface area contributed by atoms with Crippen LogP contribution in [0.4, 0.5) is 0 Å². The van der Waals surface area contributed by atoms with E-state index in [1.165, 1.54) is 12.1 Å². The fourth-order valence-electron chi connectivity index (χ4n) is 3.25. The lowest BCUT2D eigenvalue weighted by Gasteiger charge is -2.40. The molecule has 0 aliphatic heterocycles. The summed E-state index contributed by atoms with van der Waals surface area (Å²) in [7, 11) is 0. The van der Waals surface area contributed by atoms with Crippen molar-refractivity contribution in [1.29, 1.82) is 0 Å². The summed E-state index contributed by atoms with van der Waals surface area (Å²) < 4.78 is 0. The highest BCUT2D eigenvalue weighted by atomic mass is 35.5. The average Bonchev–Trinajstić information content (AvgIpc) is 2.55. The Morgan fingerprint density at radius 1 is 1.12 bits per heavy atom. The molecule has 1 aliphatic rings. The molecule has 1 aromatic rings. The van der Waals surface area contributed by atoms with Gasteiger partial charge in [0.15, 0.2) is 0 Å². The summed E-state index contributed by atoms with van der Waals surface area (Å²) >= 11 is 11.8. The molecule has 0 atom stereocenters. The first kappa shape index (κ1) is 19.0. The van der Waals surface area contributed by atoms with Gasteiger partial charge in [-0.2, -0.15) is 0 Å². The van der Waals surface area contributed by atoms with Crippen LogP contribution in [-0.4, -0.2) is 40.3 Å². The molecule has 0 unspecified atom stereocenters. The predicted molar refractivity (Wildman–Crippen MR) is 95.5 cm³/mol. The van der Waals surface area contributed by atoms with Gasteiger partial charge in [0.2, 0.25) is 5.91 Å². The van der Waals surface area contributed by atoms with Crippen LogP contribution in [0.3, 0.4) is 0 Å². The molecule has 2 amide bonds. The molecule has 1 heterocycles. The van der Waals surface area contributed by atoms with Crippen LogP contribution in [0.2, 0.25) is 10.3 Å². The molecule has 1 fully saturated rings. The van der Waals surface area contributed by atoms with Crippen LogP contribution in [0.15, 0.2) is 12.1 Å². The summed E-state index contributed by atoms with van der Waals surface area (Å²) in [5.41, 5.74) is -0.527. The van der Waals surface area contributed by atoms with Crippen LogP contribution in [0, 0.1) is 0 Å². The Bertz CT molecular complexity index is 592. The smallest absolute Gasteiger partial charge is 0.252 e. The van der Waals surface area contributed by atoms with Crippen LogP contribution in [0.25, 0.3) is 0 Å². The van der Waals surface area contributed by atoms with E-state index in [1.54, 1.807) is 4.90 Å². The van der Waals surface area contributed by atoms with E-state index in [4.69, 9.17) is 23.2 Å². The number of likely N-dealkylation sites (N-methyl/N-ethyl adjacent to an activating group) is 1. The number of halogens is 2. The highest BCUT2D eigenvalue weighted by Crippen LogP contribution is 2.31. The zero-order valence-corrected chi connectivity index (χ0v) is 15.6. The van der Waals surface area contributed by atoms with Gasteiger partial charge in [0.05, 0.1) is 0 Å². The zero-order chi connectivity index (χ0) is 17.7. The molecule has 2 rings (SSSR count). The van der Waals surface area contributed by atoms with Gasteiger partial charge in [-0.3, -0.25) is 9.59 Å². The van der Waals surface area contributed by atoms with Crippen LogP contribution >= 0.6 is 23.2 Å². The van der Waals surface area contributed by atoms with E-state index in [2.05, 4.69) is 10.3 Å². The SMILES string of the molecule is CCN(CC)C(=O)C1(NC(=O)c2cc(Cl)nc(Cl)c2)CCCCC1. The fourth-order valence-corrected chi connectivity index (χ4v) is 3.71. The molecule has 5 nitrogen and oxygen atoms in total. The standard InChI is InChI=1S/C17H23Cl2N3O2/c1-3-22(4-2)16(24)17(8-6-5-7-9-17)21-15(23)12-10-13(18)20-14(19)11-12/h10-11H,3-9H2,1-2H3,(H,21,23). The van der Waals surface area contributed by atoms with E-state index < -0.39 is 5.54 Å². The number of pyridine rings is 1. The van der Waals surface area contributed by atoms with E-state index in [1.807, 2.05) is 13.8 Å². The van der Waals surface area contributed by atoms with Crippen molar-refractivity contribution < 1.29 is 9.59 Å². The monoisotopic (exact) mass is 371 g/mol. The number of aromatic nitrogens is 1. The van der Waals surface area contributed by atoms with Gasteiger partial charge in [-0.05, 0) is 38.8 Å². The van der Waals surface area contributed by atoms with Gasteiger partial charge in [0, 0.05) is 18.7 Å². The molecule has 7 heteroatoms. The Morgan fingerprint density at radius 3 is 2.17 bits per heavy atom. The second-order valence-electron chi connectivity index (χ2n) is 6.08. The summed E-state index contributed by atoms with van der Waals surface area (Å²) in [5.74, 6) is -0.351. The highest BCUT2D eigenvalue weighted by Gasteiger charge is 2.42. The Labute approximate surface area is 152 Å². The molecule has 0 aromatic carbocycles. The third kappa shape index (κ3) is 4.19. The minimum atomic E-state index is -0.844. The van der Waals surface area contributed by atoms with E-state index in [-0.39, 0.29) is 22.1 Å². The lowest BCUT2D eigenvalue weighted by molar-refractivity contribution is -0.139. The molecule has 0 saturated heterocycles. The molecule has 1 aliphatic carbocycles. The summed E-state index contributed by atoms with van der Waals surface area (Å²) in [5, 5.41) is 3.28. The number of rotatable bonds is 5. The summed E-state index contributed by atoms with van der Waals surface area (Å²) in [4.78, 5) is 31.4. The fraction of sp³-hybridized carbons (Fsp3) is 0.588. The molecule has 24 heavy (non-hydrogen) atoms. The van der Waals surface area contributed by atoms with Gasteiger partial charge in [-0.15, -0.1) is 0 Å². The maximum absolute atomic E-state index is 13.0. The molecule has 1 saturated carbocycles. The average molecular weight is 372 g/mol. The first-order chi connectivity index (χ1) is 11.4. The van der Waals surface area contributed by atoms with Gasteiger partial charge in [-0.25, -0.2) is 4.98 Å². The Kier molecular flexibility index (Phi) is 6.47. The van der Waals surface area contributed by atoms with Crippen LogP contribution in [0.5, 0.6) is 0 Å². The summed E-state index contributed by atoms with van der Waals surface area (Å²) in [6, 6.07) is 2.92. The van der Waals surface area contributed by atoms with Gasteiger partial charge in [0.25, 0.3) is 5.91 Å². The van der Waals surface area contributed by atoms with Crippen LogP contribution in [-0.2, 0) is 4.79 Å². The number of hydrogen-bond donors (Lipinski definition) is 1. The Hall–Kier alpha value is -1.33. The third-order valence-electron chi connectivity index (χ3n) is 4.54. The minimum absolute atomic E-state index is 0.00759. The normalized spacial score (nSPS) is 16.5. The highest BCUT2D eigenvalue weighted by molar-refractivity contribution is 6.33. The van der Waals surface area contributed by atoms with E-state index in [0.29, 0.717) is 31.5 Å². The lowest BCUT2D eigenvalue weighted by Crippen LogP contribution is -2.60. The number of carbonyl (C=O) groups is 2. The predicted octanol–water partition coefficient (Wildman–Crippen LogP) is 3.69. The van der Waals surface area contributed by atoms with Crippen LogP contribution < -0.4 is 5.32 Å². The minimum Gasteiger partial charge on any atom is -0.341 e. The second kappa shape index (κ2) is 8.17. The first-order valence-corrected chi connectivity index (χ1v) is 9.12.